The fourth-order valence-electron chi connectivity index (χ4n) is 6.84. The van der Waals surface area contributed by atoms with Crippen molar-refractivity contribution in [1.82, 2.24) is 4.90 Å². The Labute approximate surface area is 277 Å². The number of allylic oxidation sites excluding steroid dienone is 6. The van der Waals surface area contributed by atoms with Crippen LogP contribution in [0.4, 0.5) is 0 Å². The fraction of sp³-hybridized carbons (Fsp3) is 0.707. The topological polar surface area (TPSA) is 41.9 Å². The SMILES string of the molecule is CC(C)=CCCC(C)=CCCC(C)=CCCC1(C)CCc2c3c(cc(C)c2O1)OCN(CCCCCCCCCCCCO)C3. The van der Waals surface area contributed by atoms with Gasteiger partial charge in [0.05, 0.1) is 0 Å². The van der Waals surface area contributed by atoms with Crippen LogP contribution in [0.15, 0.2) is 41.0 Å². The van der Waals surface area contributed by atoms with Crippen molar-refractivity contribution < 1.29 is 14.6 Å². The number of fused-ring (bicyclic) bond motifs is 3. The van der Waals surface area contributed by atoms with E-state index in [1.54, 1.807) is 0 Å². The monoisotopic (exact) mass is 622 g/mol. The number of aryl methyl sites for hydroxylation is 1. The van der Waals surface area contributed by atoms with Gasteiger partial charge in [-0.15, -0.1) is 0 Å². The van der Waals surface area contributed by atoms with Crippen molar-refractivity contribution in [2.24, 2.45) is 0 Å². The Morgan fingerprint density at radius 1 is 0.822 bits per heavy atom. The van der Waals surface area contributed by atoms with E-state index in [4.69, 9.17) is 14.6 Å². The van der Waals surface area contributed by atoms with E-state index >= 15 is 0 Å². The molecule has 1 atom stereocenters. The predicted octanol–water partition coefficient (Wildman–Crippen LogP) is 11.3. The Bertz CT molecular complexity index is 1110. The minimum Gasteiger partial charge on any atom is -0.487 e. The summed E-state index contributed by atoms with van der Waals surface area (Å²) < 4.78 is 13.1. The van der Waals surface area contributed by atoms with Gasteiger partial charge in [0, 0.05) is 30.8 Å². The molecule has 4 heteroatoms. The molecular formula is C41H67NO3. The van der Waals surface area contributed by atoms with Crippen molar-refractivity contribution in [2.75, 3.05) is 19.9 Å². The quantitative estimate of drug-likeness (QED) is 0.110. The van der Waals surface area contributed by atoms with Crippen molar-refractivity contribution in [3.8, 4) is 11.5 Å². The lowest BCUT2D eigenvalue weighted by atomic mass is 9.85. The van der Waals surface area contributed by atoms with Crippen molar-refractivity contribution in [3.05, 3.63) is 57.7 Å². The minimum absolute atomic E-state index is 0.112. The molecule has 1 N–H and O–H groups in total. The maximum atomic E-state index is 8.88. The van der Waals surface area contributed by atoms with E-state index < -0.39 is 0 Å². The minimum atomic E-state index is -0.112. The van der Waals surface area contributed by atoms with Crippen LogP contribution in [0, 0.1) is 6.92 Å². The summed E-state index contributed by atoms with van der Waals surface area (Å²) in [5.41, 5.74) is 8.28. The predicted molar refractivity (Wildman–Crippen MR) is 192 cm³/mol. The molecule has 1 aromatic rings. The summed E-state index contributed by atoms with van der Waals surface area (Å²) in [6.07, 6.45) is 28.8. The highest BCUT2D eigenvalue weighted by atomic mass is 16.5. The summed E-state index contributed by atoms with van der Waals surface area (Å²) in [6.45, 7) is 16.6. The summed E-state index contributed by atoms with van der Waals surface area (Å²) in [5, 5.41) is 8.88. The van der Waals surface area contributed by atoms with E-state index in [-0.39, 0.29) is 5.60 Å². The van der Waals surface area contributed by atoms with Gasteiger partial charge >= 0.3 is 0 Å². The summed E-state index contributed by atoms with van der Waals surface area (Å²) in [6, 6.07) is 2.22. The third-order valence-corrected chi connectivity index (χ3v) is 9.85. The number of hydrogen-bond donors (Lipinski definition) is 1. The average molecular weight is 622 g/mol. The van der Waals surface area contributed by atoms with Crippen LogP contribution in [0.25, 0.3) is 0 Å². The number of nitrogens with zero attached hydrogens (tertiary/aromatic N) is 1. The molecule has 0 saturated heterocycles. The number of unbranched alkanes of at least 4 members (excludes halogenated alkanes) is 9. The van der Waals surface area contributed by atoms with Crippen molar-refractivity contribution >= 4 is 0 Å². The highest BCUT2D eigenvalue weighted by Crippen LogP contribution is 2.44. The Balaban J connectivity index is 1.41. The van der Waals surface area contributed by atoms with Gasteiger partial charge in [-0.2, -0.15) is 0 Å². The van der Waals surface area contributed by atoms with E-state index in [1.165, 1.54) is 97.6 Å². The molecule has 45 heavy (non-hydrogen) atoms. The van der Waals surface area contributed by atoms with Gasteiger partial charge in [-0.3, -0.25) is 4.90 Å². The lowest BCUT2D eigenvalue weighted by Crippen LogP contribution is -2.38. The van der Waals surface area contributed by atoms with E-state index in [0.29, 0.717) is 13.3 Å². The molecule has 0 fully saturated rings. The first-order valence-electron chi connectivity index (χ1n) is 18.5. The van der Waals surface area contributed by atoms with Crippen LogP contribution in [-0.2, 0) is 13.0 Å². The lowest BCUT2D eigenvalue weighted by molar-refractivity contribution is 0.0524. The second-order valence-corrected chi connectivity index (χ2v) is 14.6. The third-order valence-electron chi connectivity index (χ3n) is 9.85. The molecule has 0 saturated carbocycles. The first-order chi connectivity index (χ1) is 21.7. The third kappa shape index (κ3) is 13.7. The van der Waals surface area contributed by atoms with E-state index in [0.717, 1.165) is 76.0 Å². The van der Waals surface area contributed by atoms with Crippen molar-refractivity contribution in [3.63, 3.8) is 0 Å². The second-order valence-electron chi connectivity index (χ2n) is 14.6. The number of hydrogen-bond acceptors (Lipinski definition) is 4. The van der Waals surface area contributed by atoms with Crippen LogP contribution in [0.5, 0.6) is 11.5 Å². The molecule has 2 aliphatic rings. The standard InChI is InChI=1S/C41H67NO3/c1-33(2)20-17-21-34(3)22-18-23-35(4)24-19-26-41(6)27-25-37-38-31-42(32-44-39(38)30-36(5)40(37)45-41)28-15-13-11-9-7-8-10-12-14-16-29-43/h20,22,24,30,43H,7-19,21,23,25-29,31-32H2,1-6H3. The molecule has 0 amide bonds. The van der Waals surface area contributed by atoms with E-state index in [1.807, 2.05) is 0 Å². The van der Waals surface area contributed by atoms with Gasteiger partial charge < -0.3 is 14.6 Å². The second kappa shape index (κ2) is 20.3. The zero-order valence-electron chi connectivity index (χ0n) is 30.1. The molecule has 0 aliphatic carbocycles. The zero-order valence-corrected chi connectivity index (χ0v) is 30.1. The van der Waals surface area contributed by atoms with Crippen LogP contribution >= 0.6 is 0 Å². The number of aliphatic hydroxyl groups is 1. The summed E-state index contributed by atoms with van der Waals surface area (Å²) in [4.78, 5) is 2.49. The molecule has 3 rings (SSSR count). The van der Waals surface area contributed by atoms with Gasteiger partial charge in [0.15, 0.2) is 0 Å². The van der Waals surface area contributed by atoms with Gasteiger partial charge in [0.25, 0.3) is 0 Å². The number of benzene rings is 1. The van der Waals surface area contributed by atoms with Crippen LogP contribution in [-0.4, -0.2) is 35.5 Å². The van der Waals surface area contributed by atoms with Gasteiger partial charge in [-0.25, -0.2) is 0 Å². The van der Waals surface area contributed by atoms with E-state index in [2.05, 4.69) is 70.7 Å². The molecule has 0 bridgehead atoms. The molecule has 1 aromatic carbocycles. The van der Waals surface area contributed by atoms with Crippen molar-refractivity contribution in [2.45, 2.75) is 169 Å². The first-order valence-corrected chi connectivity index (χ1v) is 18.5. The first kappa shape index (κ1) is 37.4. The smallest absolute Gasteiger partial charge is 0.142 e. The van der Waals surface area contributed by atoms with Gasteiger partial charge in [0.1, 0.15) is 23.8 Å². The Kier molecular flexibility index (Phi) is 16.8. The molecule has 0 spiro atoms. The maximum Gasteiger partial charge on any atom is 0.142 e. The van der Waals surface area contributed by atoms with Gasteiger partial charge in [-0.05, 0) is 117 Å². The number of ether oxygens (including phenoxy) is 2. The van der Waals surface area contributed by atoms with Gasteiger partial charge in [-0.1, -0.05) is 86.3 Å². The van der Waals surface area contributed by atoms with Crippen molar-refractivity contribution in [1.29, 1.82) is 0 Å². The number of rotatable bonds is 21. The highest BCUT2D eigenvalue weighted by Gasteiger charge is 2.35. The Hall–Kier alpha value is -2.04. The molecule has 2 heterocycles. The number of aliphatic hydroxyl groups excluding tert-OH is 1. The molecule has 0 radical (unpaired) electrons. The molecule has 4 nitrogen and oxygen atoms in total. The molecule has 0 aromatic heterocycles. The largest absolute Gasteiger partial charge is 0.487 e. The molecular weight excluding hydrogens is 554 g/mol. The summed E-state index contributed by atoms with van der Waals surface area (Å²) >= 11 is 0. The highest BCUT2D eigenvalue weighted by molar-refractivity contribution is 5.55. The zero-order chi connectivity index (χ0) is 32.5. The van der Waals surface area contributed by atoms with Crippen LogP contribution in [0.3, 0.4) is 0 Å². The maximum absolute atomic E-state index is 8.88. The Morgan fingerprint density at radius 2 is 1.42 bits per heavy atom. The van der Waals surface area contributed by atoms with E-state index in [9.17, 15) is 0 Å². The van der Waals surface area contributed by atoms with Crippen LogP contribution < -0.4 is 9.47 Å². The van der Waals surface area contributed by atoms with Crippen LogP contribution in [0.1, 0.15) is 160 Å². The molecule has 2 aliphatic heterocycles. The lowest BCUT2D eigenvalue weighted by Gasteiger charge is -2.39. The fourth-order valence-corrected chi connectivity index (χ4v) is 6.84. The molecule has 254 valence electrons. The van der Waals surface area contributed by atoms with Gasteiger partial charge in [0.2, 0.25) is 0 Å². The Morgan fingerprint density at radius 3 is 2.07 bits per heavy atom. The van der Waals surface area contributed by atoms with Crippen LogP contribution in [0.2, 0.25) is 0 Å². The molecule has 1 unspecified atom stereocenters. The average Bonchev–Trinajstić information content (AvgIpc) is 3.00. The normalized spacial score (nSPS) is 18.6. The summed E-state index contributed by atoms with van der Waals surface area (Å²) in [7, 11) is 0. The summed E-state index contributed by atoms with van der Waals surface area (Å²) in [5.74, 6) is 2.20.